The van der Waals surface area contributed by atoms with Crippen molar-refractivity contribution < 1.29 is 13.2 Å². The van der Waals surface area contributed by atoms with Crippen molar-refractivity contribution in [1.82, 2.24) is 4.31 Å². The zero-order valence-corrected chi connectivity index (χ0v) is 16.6. The number of nitrogens with one attached hydrogen (secondary N) is 1. The van der Waals surface area contributed by atoms with Crippen LogP contribution in [0.25, 0.3) is 0 Å². The van der Waals surface area contributed by atoms with Gasteiger partial charge in [-0.2, -0.15) is 4.31 Å². The van der Waals surface area contributed by atoms with E-state index in [9.17, 15) is 13.2 Å². The van der Waals surface area contributed by atoms with E-state index >= 15 is 0 Å². The van der Waals surface area contributed by atoms with Crippen molar-refractivity contribution in [2.24, 2.45) is 0 Å². The van der Waals surface area contributed by atoms with Gasteiger partial charge in [0.15, 0.2) is 0 Å². The Bertz CT molecular complexity index is 910. The van der Waals surface area contributed by atoms with E-state index in [2.05, 4.69) is 10.2 Å². The Balaban J connectivity index is 1.65. The summed E-state index contributed by atoms with van der Waals surface area (Å²) in [5, 5.41) is 3.23. The first-order valence-electron chi connectivity index (χ1n) is 8.73. The van der Waals surface area contributed by atoms with Gasteiger partial charge in [-0.05, 0) is 55.3 Å². The summed E-state index contributed by atoms with van der Waals surface area (Å²) < 4.78 is 26.1. The molecule has 1 aliphatic heterocycles. The summed E-state index contributed by atoms with van der Waals surface area (Å²) in [6.07, 6.45) is 2.34. The summed E-state index contributed by atoms with van der Waals surface area (Å²) in [5.41, 5.74) is 1.72. The Morgan fingerprint density at radius 1 is 1.15 bits per heavy atom. The number of amides is 1. The summed E-state index contributed by atoms with van der Waals surface area (Å²) in [6, 6.07) is 13.5. The van der Waals surface area contributed by atoms with E-state index in [0.717, 1.165) is 23.1 Å². The van der Waals surface area contributed by atoms with E-state index in [4.69, 9.17) is 11.6 Å². The number of halogens is 1. The molecule has 2 aromatic rings. The highest BCUT2D eigenvalue weighted by atomic mass is 35.5. The van der Waals surface area contributed by atoms with Crippen LogP contribution < -0.4 is 10.2 Å². The number of rotatable bonds is 6. The second kappa shape index (κ2) is 8.29. The highest BCUT2D eigenvalue weighted by molar-refractivity contribution is 7.89. The number of likely N-dealkylation sites (N-methyl/N-ethyl adjacent to an activating group) is 1. The second-order valence-electron chi connectivity index (χ2n) is 6.51. The molecular formula is C19H22ClN3O3S. The first-order valence-corrected chi connectivity index (χ1v) is 10.5. The van der Waals surface area contributed by atoms with E-state index in [1.54, 1.807) is 6.07 Å². The van der Waals surface area contributed by atoms with Crippen LogP contribution in [0.15, 0.2) is 53.4 Å². The maximum absolute atomic E-state index is 12.6. The molecule has 0 bridgehead atoms. The second-order valence-corrected chi connectivity index (χ2v) is 8.99. The summed E-state index contributed by atoms with van der Waals surface area (Å²) in [4.78, 5) is 14.7. The molecule has 0 radical (unpaired) electrons. The number of carbonyl (C=O) groups is 1. The number of carbonyl (C=O) groups excluding carboxylic acids is 1. The van der Waals surface area contributed by atoms with Gasteiger partial charge in [0.1, 0.15) is 0 Å². The number of anilines is 2. The van der Waals surface area contributed by atoms with Crippen molar-refractivity contribution in [1.29, 1.82) is 0 Å². The van der Waals surface area contributed by atoms with Gasteiger partial charge in [-0.25, -0.2) is 8.42 Å². The number of benzene rings is 2. The number of hydrogen-bond donors (Lipinski definition) is 1. The fourth-order valence-corrected chi connectivity index (χ4v) is 4.28. The summed E-state index contributed by atoms with van der Waals surface area (Å²) in [6.45, 7) is 1.75. The monoisotopic (exact) mass is 407 g/mol. The normalized spacial score (nSPS) is 14.6. The molecule has 3 rings (SSSR count). The zero-order valence-electron chi connectivity index (χ0n) is 15.1. The first-order chi connectivity index (χ1) is 12.9. The predicted octanol–water partition coefficient (Wildman–Crippen LogP) is 3.20. The van der Waals surface area contributed by atoms with Crippen LogP contribution in [0.1, 0.15) is 12.8 Å². The topological polar surface area (TPSA) is 69.7 Å². The summed E-state index contributed by atoms with van der Waals surface area (Å²) >= 11 is 5.80. The Labute approximate surface area is 164 Å². The predicted molar refractivity (Wildman–Crippen MR) is 108 cm³/mol. The van der Waals surface area contributed by atoms with Crippen LogP contribution in [0.4, 0.5) is 11.4 Å². The van der Waals surface area contributed by atoms with Crippen LogP contribution in [-0.2, 0) is 14.8 Å². The van der Waals surface area contributed by atoms with E-state index in [1.165, 1.54) is 44.2 Å². The zero-order chi connectivity index (χ0) is 19.4. The first kappa shape index (κ1) is 19.7. The van der Waals surface area contributed by atoms with Crippen molar-refractivity contribution in [2.75, 3.05) is 36.9 Å². The number of sulfonamides is 1. The van der Waals surface area contributed by atoms with Crippen LogP contribution >= 0.6 is 11.6 Å². The molecule has 0 spiro atoms. The third kappa shape index (κ3) is 4.80. The standard InChI is InChI=1S/C19H22ClN3O3S/c1-22(27(25,26)18-9-7-15(20)8-10-18)14-19(24)21-16-5-4-6-17(13-16)23-11-2-3-12-23/h4-10,13H,2-3,11-12,14H2,1H3,(H,21,24). The summed E-state index contributed by atoms with van der Waals surface area (Å²) in [7, 11) is -2.38. The van der Waals surface area contributed by atoms with Crippen molar-refractivity contribution in [3.8, 4) is 0 Å². The molecule has 2 aromatic carbocycles. The smallest absolute Gasteiger partial charge is 0.243 e. The molecule has 1 aliphatic rings. The SMILES string of the molecule is CN(CC(=O)Nc1cccc(N2CCCC2)c1)S(=O)(=O)c1ccc(Cl)cc1. The Hall–Kier alpha value is -2.09. The van der Waals surface area contributed by atoms with E-state index in [1.807, 2.05) is 18.2 Å². The number of hydrogen-bond acceptors (Lipinski definition) is 4. The molecule has 0 aromatic heterocycles. The molecule has 8 heteroatoms. The van der Waals surface area contributed by atoms with Gasteiger partial charge in [-0.1, -0.05) is 17.7 Å². The lowest BCUT2D eigenvalue weighted by atomic mass is 10.2. The molecule has 0 atom stereocenters. The molecule has 1 saturated heterocycles. The molecule has 1 N–H and O–H groups in total. The average Bonchev–Trinajstić information content (AvgIpc) is 3.17. The van der Waals surface area contributed by atoms with Gasteiger partial charge in [0.2, 0.25) is 15.9 Å². The van der Waals surface area contributed by atoms with Gasteiger partial charge >= 0.3 is 0 Å². The van der Waals surface area contributed by atoms with Gasteiger partial charge in [-0.15, -0.1) is 0 Å². The van der Waals surface area contributed by atoms with E-state index in [0.29, 0.717) is 10.7 Å². The van der Waals surface area contributed by atoms with Crippen molar-refractivity contribution in [2.45, 2.75) is 17.7 Å². The molecule has 0 unspecified atom stereocenters. The van der Waals surface area contributed by atoms with Crippen LogP contribution in [0.3, 0.4) is 0 Å². The van der Waals surface area contributed by atoms with Gasteiger partial charge in [0, 0.05) is 36.5 Å². The maximum atomic E-state index is 12.6. The fourth-order valence-electron chi connectivity index (χ4n) is 3.03. The number of nitrogens with zero attached hydrogens (tertiary/aromatic N) is 2. The maximum Gasteiger partial charge on any atom is 0.243 e. The van der Waals surface area contributed by atoms with Gasteiger partial charge in [0.25, 0.3) is 0 Å². The molecule has 0 aliphatic carbocycles. The molecule has 6 nitrogen and oxygen atoms in total. The summed E-state index contributed by atoms with van der Waals surface area (Å²) in [5.74, 6) is -0.395. The third-order valence-electron chi connectivity index (χ3n) is 4.49. The minimum atomic E-state index is -3.76. The fraction of sp³-hybridized carbons (Fsp3) is 0.316. The molecule has 144 valence electrons. The van der Waals surface area contributed by atoms with E-state index in [-0.39, 0.29) is 11.4 Å². The Kier molecular flexibility index (Phi) is 6.04. The van der Waals surface area contributed by atoms with Crippen molar-refractivity contribution in [3.63, 3.8) is 0 Å². The van der Waals surface area contributed by atoms with E-state index < -0.39 is 15.9 Å². The van der Waals surface area contributed by atoms with Crippen molar-refractivity contribution in [3.05, 3.63) is 53.6 Å². The Morgan fingerprint density at radius 3 is 2.48 bits per heavy atom. The molecule has 1 heterocycles. The average molecular weight is 408 g/mol. The highest BCUT2D eigenvalue weighted by Crippen LogP contribution is 2.23. The Morgan fingerprint density at radius 2 is 1.81 bits per heavy atom. The van der Waals surface area contributed by atoms with Gasteiger partial charge in [0.05, 0.1) is 11.4 Å². The minimum absolute atomic E-state index is 0.0956. The van der Waals surface area contributed by atoms with Gasteiger partial charge < -0.3 is 10.2 Å². The molecule has 0 saturated carbocycles. The lowest BCUT2D eigenvalue weighted by molar-refractivity contribution is -0.116. The lowest BCUT2D eigenvalue weighted by Gasteiger charge is -2.19. The van der Waals surface area contributed by atoms with Crippen LogP contribution in [0.2, 0.25) is 5.02 Å². The van der Waals surface area contributed by atoms with Crippen LogP contribution in [0.5, 0.6) is 0 Å². The van der Waals surface area contributed by atoms with Crippen LogP contribution in [-0.4, -0.2) is 45.3 Å². The quantitative estimate of drug-likeness (QED) is 0.798. The minimum Gasteiger partial charge on any atom is -0.371 e. The van der Waals surface area contributed by atoms with Crippen LogP contribution in [0, 0.1) is 0 Å². The molecule has 1 amide bonds. The highest BCUT2D eigenvalue weighted by Gasteiger charge is 2.23. The molecule has 1 fully saturated rings. The molecular weight excluding hydrogens is 386 g/mol. The van der Waals surface area contributed by atoms with Crippen molar-refractivity contribution >= 4 is 38.9 Å². The third-order valence-corrected chi connectivity index (χ3v) is 6.56. The largest absolute Gasteiger partial charge is 0.371 e. The molecule has 27 heavy (non-hydrogen) atoms. The van der Waals surface area contributed by atoms with Gasteiger partial charge in [-0.3, -0.25) is 4.79 Å². The lowest BCUT2D eigenvalue weighted by Crippen LogP contribution is -2.35.